The molecule has 4 rings (SSSR count). The zero-order valence-corrected chi connectivity index (χ0v) is 19.9. The molecule has 0 amide bonds. The summed E-state index contributed by atoms with van der Waals surface area (Å²) >= 11 is 0. The lowest BCUT2D eigenvalue weighted by molar-refractivity contribution is -0.133. The molecule has 36 heavy (non-hydrogen) atoms. The molecule has 2 N–H and O–H groups in total. The number of benzene rings is 4. The van der Waals surface area contributed by atoms with Gasteiger partial charge in [-0.3, -0.25) is 9.59 Å². The van der Waals surface area contributed by atoms with Gasteiger partial charge in [-0.2, -0.15) is 0 Å². The first kappa shape index (κ1) is 24.9. The van der Waals surface area contributed by atoms with Crippen LogP contribution in [0.3, 0.4) is 0 Å². The number of aliphatic hydroxyl groups is 2. The molecule has 2 unspecified atom stereocenters. The van der Waals surface area contributed by atoms with E-state index in [1.165, 1.54) is 26.0 Å². The van der Waals surface area contributed by atoms with Crippen LogP contribution in [0.15, 0.2) is 109 Å². The van der Waals surface area contributed by atoms with Crippen LogP contribution in [0.4, 0.5) is 0 Å². The molecular formula is C30H26O6. The third-order valence-corrected chi connectivity index (χ3v) is 5.93. The standard InChI is InChI=1S/C30H26O6/c1-21(31)35-27-17-9-15-25(19-27)29(33,23-11-5-3-6-12-23)30(34,24-13-7-4-8-14-24)26-16-10-18-28(20-26)36-22(2)32/h3-20,33-34H,1-2H3. The molecule has 0 spiro atoms. The molecule has 0 aliphatic heterocycles. The Morgan fingerprint density at radius 3 is 1.19 bits per heavy atom. The third-order valence-electron chi connectivity index (χ3n) is 5.93. The molecule has 0 radical (unpaired) electrons. The molecule has 4 aromatic rings. The Labute approximate surface area is 209 Å². The van der Waals surface area contributed by atoms with E-state index in [1.807, 2.05) is 12.1 Å². The molecule has 182 valence electrons. The fraction of sp³-hybridized carbons (Fsp3) is 0.133. The summed E-state index contributed by atoms with van der Waals surface area (Å²) in [4.78, 5) is 23.3. The zero-order valence-electron chi connectivity index (χ0n) is 19.9. The van der Waals surface area contributed by atoms with Gasteiger partial charge < -0.3 is 19.7 Å². The van der Waals surface area contributed by atoms with E-state index >= 15 is 0 Å². The van der Waals surface area contributed by atoms with Gasteiger partial charge in [0, 0.05) is 13.8 Å². The van der Waals surface area contributed by atoms with Crippen LogP contribution in [0.5, 0.6) is 11.5 Å². The number of esters is 2. The normalized spacial score (nSPS) is 14.2. The topological polar surface area (TPSA) is 93.1 Å². The highest BCUT2D eigenvalue weighted by Gasteiger charge is 2.54. The summed E-state index contributed by atoms with van der Waals surface area (Å²) in [5.41, 5.74) is -2.77. The lowest BCUT2D eigenvalue weighted by Crippen LogP contribution is -2.51. The van der Waals surface area contributed by atoms with Crippen molar-refractivity contribution in [3.8, 4) is 11.5 Å². The van der Waals surface area contributed by atoms with Crippen molar-refractivity contribution >= 4 is 11.9 Å². The molecule has 0 fully saturated rings. The Morgan fingerprint density at radius 2 is 0.861 bits per heavy atom. The Morgan fingerprint density at radius 1 is 0.528 bits per heavy atom. The molecule has 2 atom stereocenters. The lowest BCUT2D eigenvalue weighted by atomic mass is 9.66. The van der Waals surface area contributed by atoms with E-state index in [1.54, 1.807) is 84.9 Å². The lowest BCUT2D eigenvalue weighted by Gasteiger charge is -2.45. The predicted octanol–water partition coefficient (Wildman–Crippen LogP) is 4.71. The molecule has 0 saturated heterocycles. The van der Waals surface area contributed by atoms with Crippen LogP contribution in [-0.4, -0.2) is 22.2 Å². The highest BCUT2D eigenvalue weighted by Crippen LogP contribution is 2.50. The number of carbonyl (C=O) groups is 2. The van der Waals surface area contributed by atoms with Crippen LogP contribution in [0.2, 0.25) is 0 Å². The van der Waals surface area contributed by atoms with Crippen LogP contribution in [0.25, 0.3) is 0 Å². The summed E-state index contributed by atoms with van der Waals surface area (Å²) in [5, 5.41) is 25.4. The van der Waals surface area contributed by atoms with Crippen LogP contribution >= 0.6 is 0 Å². The Bertz CT molecular complexity index is 1260. The highest BCUT2D eigenvalue weighted by molar-refractivity contribution is 5.70. The van der Waals surface area contributed by atoms with E-state index in [9.17, 15) is 19.8 Å². The molecule has 4 aromatic carbocycles. The first-order valence-corrected chi connectivity index (χ1v) is 11.4. The van der Waals surface area contributed by atoms with Crippen molar-refractivity contribution in [1.29, 1.82) is 0 Å². The average Bonchev–Trinajstić information content (AvgIpc) is 2.88. The van der Waals surface area contributed by atoms with E-state index in [-0.39, 0.29) is 22.6 Å². The largest absolute Gasteiger partial charge is 0.427 e. The second-order valence-electron chi connectivity index (χ2n) is 8.40. The van der Waals surface area contributed by atoms with Crippen molar-refractivity contribution in [3.63, 3.8) is 0 Å². The smallest absolute Gasteiger partial charge is 0.308 e. The monoisotopic (exact) mass is 482 g/mol. The summed E-state index contributed by atoms with van der Waals surface area (Å²) in [6, 6.07) is 30.3. The molecule has 0 aliphatic carbocycles. The van der Waals surface area contributed by atoms with Crippen LogP contribution in [0, 0.1) is 0 Å². The van der Waals surface area contributed by atoms with Crippen molar-refractivity contribution in [2.24, 2.45) is 0 Å². The Kier molecular flexibility index (Phi) is 7.01. The van der Waals surface area contributed by atoms with E-state index in [0.717, 1.165) is 0 Å². The molecule has 0 aliphatic rings. The van der Waals surface area contributed by atoms with E-state index in [4.69, 9.17) is 9.47 Å². The van der Waals surface area contributed by atoms with Crippen molar-refractivity contribution < 1.29 is 29.3 Å². The molecule has 0 bridgehead atoms. The van der Waals surface area contributed by atoms with Gasteiger partial charge in [0.2, 0.25) is 0 Å². The summed E-state index contributed by atoms with van der Waals surface area (Å²) in [5.74, 6) is -0.581. The van der Waals surface area contributed by atoms with Crippen molar-refractivity contribution in [1.82, 2.24) is 0 Å². The minimum absolute atomic E-state index is 0.221. The van der Waals surface area contributed by atoms with Crippen LogP contribution in [-0.2, 0) is 20.8 Å². The minimum atomic E-state index is -2.07. The summed E-state index contributed by atoms with van der Waals surface area (Å²) in [7, 11) is 0. The quantitative estimate of drug-likeness (QED) is 0.293. The summed E-state index contributed by atoms with van der Waals surface area (Å²) < 4.78 is 10.6. The van der Waals surface area contributed by atoms with E-state index in [2.05, 4.69) is 0 Å². The van der Waals surface area contributed by atoms with Crippen molar-refractivity contribution in [3.05, 3.63) is 131 Å². The van der Waals surface area contributed by atoms with Gasteiger partial charge in [0.15, 0.2) is 11.2 Å². The molecule has 0 aromatic heterocycles. The fourth-order valence-corrected chi connectivity index (χ4v) is 4.43. The maximum atomic E-state index is 12.7. The van der Waals surface area contributed by atoms with Gasteiger partial charge in [0.1, 0.15) is 11.5 Å². The Balaban J connectivity index is 2.06. The van der Waals surface area contributed by atoms with Gasteiger partial charge in [-0.25, -0.2) is 0 Å². The first-order valence-electron chi connectivity index (χ1n) is 11.4. The maximum absolute atomic E-state index is 12.7. The SMILES string of the molecule is CC(=O)Oc1cccc(C(O)(c2ccccc2)C(O)(c2ccccc2)c2cccc(OC(C)=O)c2)c1. The predicted molar refractivity (Wildman–Crippen MR) is 134 cm³/mol. The fourth-order valence-electron chi connectivity index (χ4n) is 4.43. The van der Waals surface area contributed by atoms with E-state index in [0.29, 0.717) is 11.1 Å². The van der Waals surface area contributed by atoms with Crippen molar-refractivity contribution in [2.75, 3.05) is 0 Å². The molecule has 0 saturated carbocycles. The van der Waals surface area contributed by atoms with Crippen LogP contribution < -0.4 is 9.47 Å². The third kappa shape index (κ3) is 4.64. The number of rotatable bonds is 7. The minimum Gasteiger partial charge on any atom is -0.427 e. The number of ether oxygens (including phenoxy) is 2. The number of hydrogen-bond acceptors (Lipinski definition) is 6. The summed E-state index contributed by atoms with van der Waals surface area (Å²) in [6.07, 6.45) is 0. The van der Waals surface area contributed by atoms with Gasteiger partial charge in [-0.05, 0) is 46.5 Å². The molecular weight excluding hydrogens is 456 g/mol. The Hall–Kier alpha value is -4.26. The molecule has 0 heterocycles. The van der Waals surface area contributed by atoms with Gasteiger partial charge in [0.05, 0.1) is 0 Å². The van der Waals surface area contributed by atoms with E-state index < -0.39 is 23.1 Å². The van der Waals surface area contributed by atoms with Crippen LogP contribution in [0.1, 0.15) is 36.1 Å². The second kappa shape index (κ2) is 10.2. The van der Waals surface area contributed by atoms with Gasteiger partial charge in [0.25, 0.3) is 0 Å². The van der Waals surface area contributed by atoms with Gasteiger partial charge in [-0.15, -0.1) is 0 Å². The first-order chi connectivity index (χ1) is 17.2. The van der Waals surface area contributed by atoms with Gasteiger partial charge >= 0.3 is 11.9 Å². The number of carbonyl (C=O) groups excluding carboxylic acids is 2. The second-order valence-corrected chi connectivity index (χ2v) is 8.40. The van der Waals surface area contributed by atoms with Crippen molar-refractivity contribution in [2.45, 2.75) is 25.0 Å². The summed E-state index contributed by atoms with van der Waals surface area (Å²) in [6.45, 7) is 2.58. The zero-order chi connectivity index (χ0) is 25.8. The maximum Gasteiger partial charge on any atom is 0.308 e. The molecule has 6 nitrogen and oxygen atoms in total. The van der Waals surface area contributed by atoms with Gasteiger partial charge in [-0.1, -0.05) is 84.9 Å². The molecule has 6 heteroatoms. The highest BCUT2D eigenvalue weighted by atomic mass is 16.5. The average molecular weight is 483 g/mol. The number of hydrogen-bond donors (Lipinski definition) is 2.